The SMILES string of the molecule is O=C(O)C1C=C(C2CCNC2C(=O)O)C=CC1Cl. The molecule has 0 aromatic rings. The molecule has 2 rings (SSSR count). The fraction of sp³-hybridized carbons (Fsp3) is 0.500. The van der Waals surface area contributed by atoms with Crippen molar-refractivity contribution in [2.24, 2.45) is 11.8 Å². The third kappa shape index (κ3) is 2.42. The minimum Gasteiger partial charge on any atom is -0.481 e. The average Bonchev–Trinajstić information content (AvgIpc) is 2.78. The molecule has 1 saturated heterocycles. The van der Waals surface area contributed by atoms with Crippen LogP contribution in [0.1, 0.15) is 6.42 Å². The summed E-state index contributed by atoms with van der Waals surface area (Å²) in [6.07, 6.45) is 5.62. The highest BCUT2D eigenvalue weighted by Gasteiger charge is 2.36. The molecule has 18 heavy (non-hydrogen) atoms. The summed E-state index contributed by atoms with van der Waals surface area (Å²) in [5.41, 5.74) is 0.747. The van der Waals surface area contributed by atoms with Crippen LogP contribution >= 0.6 is 11.6 Å². The topological polar surface area (TPSA) is 86.6 Å². The van der Waals surface area contributed by atoms with Crippen LogP contribution in [0.3, 0.4) is 0 Å². The number of carbonyl (C=O) groups is 2. The van der Waals surface area contributed by atoms with Gasteiger partial charge in [0.2, 0.25) is 0 Å². The molecular weight excluding hydrogens is 258 g/mol. The van der Waals surface area contributed by atoms with Crippen molar-refractivity contribution in [3.63, 3.8) is 0 Å². The highest BCUT2D eigenvalue weighted by atomic mass is 35.5. The molecule has 4 atom stereocenters. The van der Waals surface area contributed by atoms with E-state index in [9.17, 15) is 9.59 Å². The maximum Gasteiger partial charge on any atom is 0.321 e. The van der Waals surface area contributed by atoms with E-state index in [1.165, 1.54) is 0 Å². The van der Waals surface area contributed by atoms with E-state index in [0.717, 1.165) is 5.57 Å². The summed E-state index contributed by atoms with van der Waals surface area (Å²) in [7, 11) is 0. The second-order valence-corrected chi connectivity index (χ2v) is 5.00. The first-order valence-electron chi connectivity index (χ1n) is 5.73. The van der Waals surface area contributed by atoms with Crippen LogP contribution in [0.5, 0.6) is 0 Å². The van der Waals surface area contributed by atoms with E-state index in [2.05, 4.69) is 5.32 Å². The van der Waals surface area contributed by atoms with Crippen LogP contribution in [-0.2, 0) is 9.59 Å². The fourth-order valence-corrected chi connectivity index (χ4v) is 2.71. The minimum absolute atomic E-state index is 0.190. The number of aliphatic carboxylic acids is 2. The molecule has 0 aromatic heterocycles. The summed E-state index contributed by atoms with van der Waals surface area (Å²) >= 11 is 5.90. The van der Waals surface area contributed by atoms with Gasteiger partial charge in [0.25, 0.3) is 0 Å². The second kappa shape index (κ2) is 5.12. The lowest BCUT2D eigenvalue weighted by Gasteiger charge is -2.23. The lowest BCUT2D eigenvalue weighted by atomic mass is 9.85. The van der Waals surface area contributed by atoms with Crippen molar-refractivity contribution < 1.29 is 19.8 Å². The lowest BCUT2D eigenvalue weighted by Crippen LogP contribution is -2.36. The van der Waals surface area contributed by atoms with Gasteiger partial charge in [0, 0.05) is 5.92 Å². The number of alkyl halides is 1. The Balaban J connectivity index is 2.23. The highest BCUT2D eigenvalue weighted by molar-refractivity contribution is 6.23. The molecule has 0 spiro atoms. The Hall–Kier alpha value is -1.33. The maximum absolute atomic E-state index is 11.1. The van der Waals surface area contributed by atoms with Crippen LogP contribution in [0.2, 0.25) is 0 Å². The number of rotatable bonds is 3. The molecule has 1 heterocycles. The van der Waals surface area contributed by atoms with E-state index in [-0.39, 0.29) is 5.92 Å². The van der Waals surface area contributed by atoms with E-state index in [0.29, 0.717) is 13.0 Å². The van der Waals surface area contributed by atoms with Crippen LogP contribution in [0.4, 0.5) is 0 Å². The van der Waals surface area contributed by atoms with Crippen LogP contribution < -0.4 is 5.32 Å². The molecular formula is C12H14ClNO4. The van der Waals surface area contributed by atoms with Gasteiger partial charge in [-0.25, -0.2) is 0 Å². The molecule has 0 saturated carbocycles. The van der Waals surface area contributed by atoms with Gasteiger partial charge in [0.05, 0.1) is 11.3 Å². The van der Waals surface area contributed by atoms with E-state index in [1.807, 2.05) is 0 Å². The summed E-state index contributed by atoms with van der Waals surface area (Å²) in [6.45, 7) is 0.620. The highest BCUT2D eigenvalue weighted by Crippen LogP contribution is 2.31. The molecule has 0 amide bonds. The van der Waals surface area contributed by atoms with Crippen molar-refractivity contribution in [1.82, 2.24) is 5.32 Å². The van der Waals surface area contributed by atoms with Crippen molar-refractivity contribution in [2.75, 3.05) is 6.54 Å². The first-order chi connectivity index (χ1) is 8.50. The predicted octanol–water partition coefficient (Wildman–Crippen LogP) is 0.854. The van der Waals surface area contributed by atoms with E-state index >= 15 is 0 Å². The third-order valence-corrected chi connectivity index (χ3v) is 3.81. The molecule has 1 fully saturated rings. The summed E-state index contributed by atoms with van der Waals surface area (Å²) < 4.78 is 0. The zero-order chi connectivity index (χ0) is 13.3. The van der Waals surface area contributed by atoms with E-state index in [4.69, 9.17) is 21.8 Å². The number of allylic oxidation sites excluding steroid dienone is 2. The van der Waals surface area contributed by atoms with Gasteiger partial charge < -0.3 is 15.5 Å². The molecule has 1 aliphatic heterocycles. The molecule has 5 nitrogen and oxygen atoms in total. The van der Waals surface area contributed by atoms with Gasteiger partial charge in [-0.2, -0.15) is 0 Å². The van der Waals surface area contributed by atoms with Crippen LogP contribution in [-0.4, -0.2) is 40.1 Å². The van der Waals surface area contributed by atoms with Gasteiger partial charge in [-0.3, -0.25) is 9.59 Å². The number of halogens is 1. The van der Waals surface area contributed by atoms with Crippen LogP contribution in [0.25, 0.3) is 0 Å². The molecule has 1 aliphatic carbocycles. The quantitative estimate of drug-likeness (QED) is 0.663. The van der Waals surface area contributed by atoms with E-state index in [1.54, 1.807) is 18.2 Å². The lowest BCUT2D eigenvalue weighted by molar-refractivity contribution is -0.140. The molecule has 3 N–H and O–H groups in total. The summed E-state index contributed by atoms with van der Waals surface area (Å²) in [4.78, 5) is 22.1. The Bertz CT molecular complexity index is 432. The maximum atomic E-state index is 11.1. The minimum atomic E-state index is -0.991. The molecule has 0 aromatic carbocycles. The largest absolute Gasteiger partial charge is 0.481 e. The third-order valence-electron chi connectivity index (χ3n) is 3.39. The number of carboxylic acids is 2. The fourth-order valence-electron chi connectivity index (χ4n) is 2.45. The monoisotopic (exact) mass is 271 g/mol. The number of carboxylic acid groups (broad SMARTS) is 2. The normalized spacial score (nSPS) is 35.3. The Morgan fingerprint density at radius 3 is 2.67 bits per heavy atom. The van der Waals surface area contributed by atoms with Crippen molar-refractivity contribution in [2.45, 2.75) is 17.8 Å². The van der Waals surface area contributed by atoms with Gasteiger partial charge in [-0.1, -0.05) is 18.2 Å². The van der Waals surface area contributed by atoms with E-state index < -0.39 is 29.3 Å². The molecule has 2 aliphatic rings. The van der Waals surface area contributed by atoms with Gasteiger partial charge >= 0.3 is 11.9 Å². The van der Waals surface area contributed by atoms with Crippen LogP contribution in [0, 0.1) is 11.8 Å². The smallest absolute Gasteiger partial charge is 0.321 e. The second-order valence-electron chi connectivity index (χ2n) is 4.50. The van der Waals surface area contributed by atoms with Crippen molar-refractivity contribution in [3.05, 3.63) is 23.8 Å². The summed E-state index contributed by atoms with van der Waals surface area (Å²) in [6, 6.07) is -0.651. The van der Waals surface area contributed by atoms with Gasteiger partial charge in [0.15, 0.2) is 0 Å². The van der Waals surface area contributed by atoms with Crippen molar-refractivity contribution in [3.8, 4) is 0 Å². The zero-order valence-electron chi connectivity index (χ0n) is 9.54. The Labute approximate surface area is 109 Å². The number of hydrogen-bond acceptors (Lipinski definition) is 3. The molecule has 0 radical (unpaired) electrons. The Morgan fingerprint density at radius 2 is 2.06 bits per heavy atom. The summed E-state index contributed by atoms with van der Waals surface area (Å²) in [5.74, 6) is -2.88. The van der Waals surface area contributed by atoms with Crippen molar-refractivity contribution >= 4 is 23.5 Å². The standard InChI is InChI=1S/C12H14ClNO4/c13-9-2-1-6(5-8(9)11(15)16)7-3-4-14-10(7)12(17)18/h1-2,5,7-10,14H,3-4H2,(H,15,16)(H,17,18). The van der Waals surface area contributed by atoms with Gasteiger partial charge in [-0.05, 0) is 18.5 Å². The van der Waals surface area contributed by atoms with Gasteiger partial charge in [-0.15, -0.1) is 11.6 Å². The first-order valence-corrected chi connectivity index (χ1v) is 6.17. The van der Waals surface area contributed by atoms with Gasteiger partial charge in [0.1, 0.15) is 6.04 Å². The summed E-state index contributed by atoms with van der Waals surface area (Å²) in [5, 5.41) is 20.5. The van der Waals surface area contributed by atoms with Crippen LogP contribution in [0.15, 0.2) is 23.8 Å². The zero-order valence-corrected chi connectivity index (χ0v) is 10.3. The Kier molecular flexibility index (Phi) is 3.73. The Morgan fingerprint density at radius 1 is 1.33 bits per heavy atom. The predicted molar refractivity (Wildman–Crippen MR) is 65.5 cm³/mol. The number of nitrogens with one attached hydrogen (secondary N) is 1. The average molecular weight is 272 g/mol. The van der Waals surface area contributed by atoms with Crippen molar-refractivity contribution in [1.29, 1.82) is 0 Å². The molecule has 4 unspecified atom stereocenters. The molecule has 0 bridgehead atoms. The number of hydrogen-bond donors (Lipinski definition) is 3. The first kappa shape index (κ1) is 13.1. The molecule has 6 heteroatoms. The molecule has 98 valence electrons.